The molecule has 2 saturated heterocycles. The first-order chi connectivity index (χ1) is 11.7. The smallest absolute Gasteiger partial charge is 0.309 e. The highest BCUT2D eigenvalue weighted by Gasteiger charge is 2.79. The fourth-order valence-electron chi connectivity index (χ4n) is 5.69. The molecular formula is C16H16O8. The Morgan fingerprint density at radius 3 is 1.21 bits per heavy atom. The van der Waals surface area contributed by atoms with Crippen LogP contribution in [0.25, 0.3) is 0 Å². The molecule has 4 aliphatic carbocycles. The van der Waals surface area contributed by atoms with Gasteiger partial charge in [0.05, 0.1) is 26.1 Å². The summed E-state index contributed by atoms with van der Waals surface area (Å²) in [6.45, 7) is 0. The van der Waals surface area contributed by atoms with Gasteiger partial charge in [0.15, 0.2) is 0 Å². The normalized spacial score (nSPS) is 54.6. The molecule has 0 aromatic heterocycles. The molecule has 8 heteroatoms. The minimum Gasteiger partial charge on any atom is -0.469 e. The highest BCUT2D eigenvalue weighted by Crippen LogP contribution is 2.71. The maximum Gasteiger partial charge on any atom is 0.309 e. The molecule has 8 nitrogen and oxygen atoms in total. The standard InChI is InChI=1S/C16H16O8/c1-19-15(17)7-3-4(7)12-10-9(11(3)21-22-12)13-5-6(14(10)24-23-13)8(5)16(18)20-2/h3-8,11-14H,1-2H3. The van der Waals surface area contributed by atoms with Gasteiger partial charge in [-0.15, -0.1) is 0 Å². The monoisotopic (exact) mass is 336 g/mol. The molecule has 8 aliphatic rings. The Morgan fingerprint density at radius 1 is 0.667 bits per heavy atom. The number of rotatable bonds is 2. The van der Waals surface area contributed by atoms with Gasteiger partial charge in [0.2, 0.25) is 0 Å². The lowest BCUT2D eigenvalue weighted by Gasteiger charge is -2.48. The van der Waals surface area contributed by atoms with Gasteiger partial charge < -0.3 is 9.47 Å². The average Bonchev–Trinajstić information content (AvgIpc) is 3.53. The first kappa shape index (κ1) is 13.8. The van der Waals surface area contributed by atoms with Crippen molar-refractivity contribution in [3.8, 4) is 0 Å². The molecule has 4 aliphatic heterocycles. The molecule has 8 rings (SSSR count). The van der Waals surface area contributed by atoms with Crippen molar-refractivity contribution in [3.63, 3.8) is 0 Å². The molecule has 8 unspecified atom stereocenters. The van der Waals surface area contributed by atoms with Crippen LogP contribution in [0.5, 0.6) is 0 Å². The molecule has 4 heterocycles. The molecule has 0 aromatic rings. The number of methoxy groups -OCH3 is 2. The number of carbonyl (C=O) groups excluding carboxylic acids is 2. The molecular weight excluding hydrogens is 320 g/mol. The van der Waals surface area contributed by atoms with Crippen molar-refractivity contribution in [2.75, 3.05) is 14.2 Å². The molecule has 0 radical (unpaired) electrons. The number of ether oxygens (including phenoxy) is 2. The van der Waals surface area contributed by atoms with Gasteiger partial charge in [0, 0.05) is 23.7 Å². The van der Waals surface area contributed by atoms with E-state index in [9.17, 15) is 9.59 Å². The Balaban J connectivity index is 1.38. The van der Waals surface area contributed by atoms with Crippen molar-refractivity contribution >= 4 is 11.9 Å². The van der Waals surface area contributed by atoms with E-state index >= 15 is 0 Å². The van der Waals surface area contributed by atoms with E-state index in [0.29, 0.717) is 0 Å². The van der Waals surface area contributed by atoms with Gasteiger partial charge in [-0.3, -0.25) is 9.59 Å². The maximum atomic E-state index is 12.0. The van der Waals surface area contributed by atoms with E-state index in [0.717, 1.165) is 11.1 Å². The third kappa shape index (κ3) is 1.34. The van der Waals surface area contributed by atoms with E-state index < -0.39 is 0 Å². The van der Waals surface area contributed by atoms with Crippen molar-refractivity contribution in [3.05, 3.63) is 11.1 Å². The Labute approximate surface area is 136 Å². The van der Waals surface area contributed by atoms with Gasteiger partial charge >= 0.3 is 11.9 Å². The van der Waals surface area contributed by atoms with Crippen molar-refractivity contribution in [2.45, 2.75) is 24.4 Å². The predicted octanol–water partition coefficient (Wildman–Crippen LogP) is -0.221. The number of hydrogen-bond donors (Lipinski definition) is 0. The van der Waals surface area contributed by atoms with Crippen molar-refractivity contribution in [2.24, 2.45) is 35.5 Å². The van der Waals surface area contributed by atoms with Crippen molar-refractivity contribution < 1.29 is 38.6 Å². The van der Waals surface area contributed by atoms with Crippen LogP contribution in [0.3, 0.4) is 0 Å². The lowest BCUT2D eigenvalue weighted by molar-refractivity contribution is -0.417. The fourth-order valence-corrected chi connectivity index (χ4v) is 5.69. The molecule has 0 amide bonds. The van der Waals surface area contributed by atoms with Gasteiger partial charge in [-0.25, -0.2) is 19.6 Å². The molecule has 4 bridgehead atoms. The van der Waals surface area contributed by atoms with E-state index in [4.69, 9.17) is 29.0 Å². The van der Waals surface area contributed by atoms with E-state index in [1.807, 2.05) is 0 Å². The Morgan fingerprint density at radius 2 is 0.958 bits per heavy atom. The summed E-state index contributed by atoms with van der Waals surface area (Å²) in [5, 5.41) is 0. The van der Waals surface area contributed by atoms with Crippen LogP contribution in [-0.4, -0.2) is 50.6 Å². The summed E-state index contributed by atoms with van der Waals surface area (Å²) in [4.78, 5) is 46.2. The minimum absolute atomic E-state index is 0.0617. The first-order valence-electron chi connectivity index (χ1n) is 8.22. The van der Waals surface area contributed by atoms with Gasteiger partial charge in [0.25, 0.3) is 0 Å². The number of hydrogen-bond acceptors (Lipinski definition) is 8. The number of esters is 2. The number of carbonyl (C=O) groups is 2. The maximum absolute atomic E-state index is 12.0. The topological polar surface area (TPSA) is 89.5 Å². The highest BCUT2D eigenvalue weighted by atomic mass is 17.2. The Kier molecular flexibility index (Phi) is 2.40. The van der Waals surface area contributed by atoms with Gasteiger partial charge in [0.1, 0.15) is 24.4 Å². The molecule has 0 N–H and O–H groups in total. The van der Waals surface area contributed by atoms with Crippen LogP contribution in [0, 0.1) is 35.5 Å². The van der Waals surface area contributed by atoms with Crippen LogP contribution in [0.15, 0.2) is 11.1 Å². The first-order valence-corrected chi connectivity index (χ1v) is 8.22. The summed E-state index contributed by atoms with van der Waals surface area (Å²) < 4.78 is 9.83. The molecule has 2 saturated carbocycles. The van der Waals surface area contributed by atoms with Crippen LogP contribution >= 0.6 is 0 Å². The molecule has 0 aromatic carbocycles. The Hall–Kier alpha value is -1.48. The molecule has 0 spiro atoms. The zero-order valence-electron chi connectivity index (χ0n) is 13.0. The second kappa shape index (κ2) is 4.19. The molecule has 8 atom stereocenters. The lowest BCUT2D eigenvalue weighted by atomic mass is 9.75. The van der Waals surface area contributed by atoms with E-state index in [-0.39, 0.29) is 71.9 Å². The zero-order chi connectivity index (χ0) is 16.3. The quantitative estimate of drug-likeness (QED) is 0.388. The van der Waals surface area contributed by atoms with Crippen LogP contribution in [0.2, 0.25) is 0 Å². The van der Waals surface area contributed by atoms with Crippen molar-refractivity contribution in [1.82, 2.24) is 0 Å². The lowest BCUT2D eigenvalue weighted by Crippen LogP contribution is -2.54. The second-order valence-electron chi connectivity index (χ2n) is 7.39. The van der Waals surface area contributed by atoms with Gasteiger partial charge in [-0.1, -0.05) is 0 Å². The summed E-state index contributed by atoms with van der Waals surface area (Å²) in [5.41, 5.74) is 2.03. The summed E-state index contributed by atoms with van der Waals surface area (Å²) in [7, 11) is 2.80. The van der Waals surface area contributed by atoms with E-state index in [2.05, 4.69) is 0 Å². The average molecular weight is 336 g/mol. The molecule has 4 fully saturated rings. The zero-order valence-corrected chi connectivity index (χ0v) is 13.0. The van der Waals surface area contributed by atoms with Crippen LogP contribution in [-0.2, 0) is 38.6 Å². The second-order valence-corrected chi connectivity index (χ2v) is 7.39. The van der Waals surface area contributed by atoms with Crippen molar-refractivity contribution in [1.29, 1.82) is 0 Å². The SMILES string of the molecule is COC(=O)C1C2C3OOC(C4=C3C3OOC4C4C(C(=O)OC)C34)C12. The number of fused-ring (bicyclic) bond motifs is 2. The van der Waals surface area contributed by atoms with Crippen LogP contribution in [0.4, 0.5) is 0 Å². The Bertz CT molecular complexity index is 602. The summed E-state index contributed by atoms with van der Waals surface area (Å²) >= 11 is 0. The van der Waals surface area contributed by atoms with Crippen LogP contribution < -0.4 is 0 Å². The fraction of sp³-hybridized carbons (Fsp3) is 0.750. The third-order valence-electron chi connectivity index (χ3n) is 6.70. The van der Waals surface area contributed by atoms with E-state index in [1.165, 1.54) is 14.2 Å². The summed E-state index contributed by atoms with van der Waals surface area (Å²) in [5.74, 6) is -0.603. The molecule has 24 heavy (non-hydrogen) atoms. The van der Waals surface area contributed by atoms with E-state index in [1.54, 1.807) is 0 Å². The predicted molar refractivity (Wildman–Crippen MR) is 71.5 cm³/mol. The highest BCUT2D eigenvalue weighted by molar-refractivity contribution is 5.79. The van der Waals surface area contributed by atoms with Crippen LogP contribution in [0.1, 0.15) is 0 Å². The molecule has 128 valence electrons. The minimum atomic E-state index is -0.324. The summed E-state index contributed by atoms with van der Waals surface area (Å²) in [6.07, 6.45) is -1.30. The third-order valence-corrected chi connectivity index (χ3v) is 6.70. The van der Waals surface area contributed by atoms with Gasteiger partial charge in [-0.05, 0) is 11.1 Å². The largest absolute Gasteiger partial charge is 0.469 e. The van der Waals surface area contributed by atoms with Gasteiger partial charge in [-0.2, -0.15) is 0 Å². The summed E-state index contributed by atoms with van der Waals surface area (Å²) in [6, 6.07) is 0.